The lowest BCUT2D eigenvalue weighted by Crippen LogP contribution is -2.08. The second-order valence-corrected chi connectivity index (χ2v) is 5.71. The highest BCUT2D eigenvalue weighted by atomic mass is 79.9. The lowest BCUT2D eigenvalue weighted by Gasteiger charge is -2.07. The van der Waals surface area contributed by atoms with E-state index in [1.165, 1.54) is 6.20 Å². The van der Waals surface area contributed by atoms with Gasteiger partial charge in [0.1, 0.15) is 6.20 Å². The molecule has 0 aromatic carbocycles. The summed E-state index contributed by atoms with van der Waals surface area (Å²) in [6.45, 7) is 3.02. The fourth-order valence-electron chi connectivity index (χ4n) is 1.50. The van der Waals surface area contributed by atoms with Gasteiger partial charge in [0.15, 0.2) is 0 Å². The molecule has 2 rings (SSSR count). The lowest BCUT2D eigenvalue weighted by molar-refractivity contribution is -0.384. The molecule has 2 aromatic heterocycles. The van der Waals surface area contributed by atoms with Crippen LogP contribution in [-0.2, 0) is 6.54 Å². The summed E-state index contributed by atoms with van der Waals surface area (Å²) in [5.74, 6) is 0.582. The van der Waals surface area contributed by atoms with Gasteiger partial charge in [0.05, 0.1) is 11.5 Å². The number of nitro groups is 1. The van der Waals surface area contributed by atoms with Gasteiger partial charge in [0.2, 0.25) is 11.8 Å². The Hall–Kier alpha value is -1.74. The number of hydrogen-bond acceptors (Lipinski definition) is 7. The number of aromatic nitrogens is 2. The van der Waals surface area contributed by atoms with Crippen LogP contribution in [-0.4, -0.2) is 21.4 Å². The summed E-state index contributed by atoms with van der Waals surface area (Å²) in [5, 5.41) is 18.8. The molecule has 106 valence electrons. The van der Waals surface area contributed by atoms with Crippen LogP contribution in [0.15, 0.2) is 22.1 Å². The second kappa shape index (κ2) is 6.62. The Bertz CT molecular complexity index is 619. The molecule has 9 heteroatoms. The van der Waals surface area contributed by atoms with Crippen molar-refractivity contribution in [2.45, 2.75) is 13.5 Å². The van der Waals surface area contributed by atoms with Gasteiger partial charge in [-0.3, -0.25) is 10.1 Å². The van der Waals surface area contributed by atoms with Crippen LogP contribution in [0.25, 0.3) is 0 Å². The molecule has 2 N–H and O–H groups in total. The van der Waals surface area contributed by atoms with Gasteiger partial charge in [0, 0.05) is 21.3 Å². The molecule has 0 aliphatic rings. The van der Waals surface area contributed by atoms with E-state index in [0.29, 0.717) is 19.0 Å². The molecule has 0 unspecified atom stereocenters. The quantitative estimate of drug-likeness (QED) is 0.608. The molecule has 0 bridgehead atoms. The minimum atomic E-state index is -0.498. The van der Waals surface area contributed by atoms with Crippen LogP contribution in [0.2, 0.25) is 0 Å². The van der Waals surface area contributed by atoms with Crippen LogP contribution in [0.1, 0.15) is 11.8 Å². The van der Waals surface area contributed by atoms with Crippen molar-refractivity contribution in [1.82, 2.24) is 9.97 Å². The van der Waals surface area contributed by atoms with Gasteiger partial charge in [-0.15, -0.1) is 11.3 Å². The summed E-state index contributed by atoms with van der Waals surface area (Å²) in [5.41, 5.74) is -0.137. The highest BCUT2D eigenvalue weighted by molar-refractivity contribution is 9.10. The second-order valence-electron chi connectivity index (χ2n) is 3.80. The predicted molar refractivity (Wildman–Crippen MR) is 82.2 cm³/mol. The third-order valence-electron chi connectivity index (χ3n) is 2.35. The molecule has 0 radical (unpaired) electrons. The molecule has 20 heavy (non-hydrogen) atoms. The van der Waals surface area contributed by atoms with Gasteiger partial charge in [-0.25, -0.2) is 4.98 Å². The largest absolute Gasteiger partial charge is 0.359 e. The monoisotopic (exact) mass is 357 g/mol. The first kappa shape index (κ1) is 14.7. The molecule has 0 fully saturated rings. The minimum absolute atomic E-state index is 0.137. The highest BCUT2D eigenvalue weighted by Gasteiger charge is 2.17. The first-order valence-electron chi connectivity index (χ1n) is 5.82. The van der Waals surface area contributed by atoms with Gasteiger partial charge in [-0.05, 0) is 28.9 Å². The number of halogens is 1. The number of rotatable bonds is 6. The predicted octanol–water partition coefficient (Wildman–Crippen LogP) is 3.25. The van der Waals surface area contributed by atoms with Crippen LogP contribution < -0.4 is 10.6 Å². The number of anilines is 2. The van der Waals surface area contributed by atoms with Crippen LogP contribution in [0.5, 0.6) is 0 Å². The molecule has 2 aromatic rings. The van der Waals surface area contributed by atoms with Crippen LogP contribution in [0, 0.1) is 10.1 Å². The highest BCUT2D eigenvalue weighted by Crippen LogP contribution is 2.25. The van der Waals surface area contributed by atoms with Crippen LogP contribution in [0.4, 0.5) is 17.5 Å². The molecular formula is C11H12BrN5O2S. The molecule has 7 nitrogen and oxygen atoms in total. The molecule has 0 aliphatic heterocycles. The standard InChI is InChI=1S/C11H12BrN5O2S/c1-2-13-11-15-5-9(17(18)19)10(16-11)14-4-8-3-7(12)6-20-8/h3,5-6H,2,4H2,1H3,(H2,13,14,15,16). The molecule has 0 saturated carbocycles. The van der Waals surface area contributed by atoms with Crippen molar-refractivity contribution in [3.05, 3.63) is 37.1 Å². The maximum absolute atomic E-state index is 11.0. The summed E-state index contributed by atoms with van der Waals surface area (Å²) < 4.78 is 0.991. The van der Waals surface area contributed by atoms with Gasteiger partial charge < -0.3 is 10.6 Å². The Morgan fingerprint density at radius 1 is 1.50 bits per heavy atom. The zero-order valence-electron chi connectivity index (χ0n) is 10.6. The lowest BCUT2D eigenvalue weighted by atomic mass is 10.4. The van der Waals surface area contributed by atoms with E-state index in [9.17, 15) is 10.1 Å². The van der Waals surface area contributed by atoms with E-state index in [2.05, 4.69) is 36.5 Å². The van der Waals surface area contributed by atoms with E-state index < -0.39 is 4.92 Å². The summed E-state index contributed by atoms with van der Waals surface area (Å²) in [7, 11) is 0. The smallest absolute Gasteiger partial charge is 0.329 e. The zero-order chi connectivity index (χ0) is 14.5. The average Bonchev–Trinajstić information content (AvgIpc) is 2.82. The third kappa shape index (κ3) is 3.64. The van der Waals surface area contributed by atoms with Crippen molar-refractivity contribution in [1.29, 1.82) is 0 Å². The molecule has 0 spiro atoms. The summed E-state index contributed by atoms with van der Waals surface area (Å²) in [4.78, 5) is 19.5. The van der Waals surface area contributed by atoms with E-state index in [0.717, 1.165) is 9.35 Å². The van der Waals surface area contributed by atoms with E-state index >= 15 is 0 Å². The van der Waals surface area contributed by atoms with Gasteiger partial charge >= 0.3 is 5.69 Å². The summed E-state index contributed by atoms with van der Waals surface area (Å²) in [6, 6.07) is 1.95. The fraction of sp³-hybridized carbons (Fsp3) is 0.273. The van der Waals surface area contributed by atoms with E-state index in [1.807, 2.05) is 18.4 Å². The number of hydrogen-bond donors (Lipinski definition) is 2. The van der Waals surface area contributed by atoms with Crippen molar-refractivity contribution in [3.63, 3.8) is 0 Å². The van der Waals surface area contributed by atoms with Crippen molar-refractivity contribution in [3.8, 4) is 0 Å². The topological polar surface area (TPSA) is 93.0 Å². The molecule has 0 atom stereocenters. The molecular weight excluding hydrogens is 346 g/mol. The van der Waals surface area contributed by atoms with Gasteiger partial charge in [-0.1, -0.05) is 0 Å². The van der Waals surface area contributed by atoms with Crippen molar-refractivity contribution >= 4 is 44.7 Å². The normalized spacial score (nSPS) is 10.3. The van der Waals surface area contributed by atoms with E-state index in [-0.39, 0.29) is 11.5 Å². The molecule has 0 aliphatic carbocycles. The molecule has 0 saturated heterocycles. The summed E-state index contributed by atoms with van der Waals surface area (Å²) in [6.07, 6.45) is 1.21. The van der Waals surface area contributed by atoms with Gasteiger partial charge in [0.25, 0.3) is 0 Å². The van der Waals surface area contributed by atoms with Crippen molar-refractivity contribution in [2.24, 2.45) is 0 Å². The van der Waals surface area contributed by atoms with Gasteiger partial charge in [-0.2, -0.15) is 4.98 Å². The van der Waals surface area contributed by atoms with E-state index in [4.69, 9.17) is 0 Å². The maximum atomic E-state index is 11.0. The number of nitrogens with one attached hydrogen (secondary N) is 2. The van der Waals surface area contributed by atoms with Crippen LogP contribution in [0.3, 0.4) is 0 Å². The summed E-state index contributed by atoms with van der Waals surface area (Å²) >= 11 is 4.93. The minimum Gasteiger partial charge on any atom is -0.359 e. The van der Waals surface area contributed by atoms with Crippen molar-refractivity contribution < 1.29 is 4.92 Å². The first-order valence-corrected chi connectivity index (χ1v) is 7.49. The maximum Gasteiger partial charge on any atom is 0.329 e. The Balaban J connectivity index is 2.18. The van der Waals surface area contributed by atoms with E-state index in [1.54, 1.807) is 11.3 Å². The average molecular weight is 358 g/mol. The van der Waals surface area contributed by atoms with Crippen LogP contribution >= 0.6 is 27.3 Å². The fourth-order valence-corrected chi connectivity index (χ4v) is 2.89. The third-order valence-corrected chi connectivity index (χ3v) is 4.05. The first-order chi connectivity index (χ1) is 9.60. The zero-order valence-corrected chi connectivity index (χ0v) is 13.0. The Kier molecular flexibility index (Phi) is 4.85. The molecule has 2 heterocycles. The number of thiophene rings is 1. The number of nitrogens with zero attached hydrogens (tertiary/aromatic N) is 3. The Morgan fingerprint density at radius 3 is 2.90 bits per heavy atom. The Labute approximate surface area is 127 Å². The van der Waals surface area contributed by atoms with Crippen molar-refractivity contribution in [2.75, 3.05) is 17.2 Å². The molecule has 0 amide bonds. The SMILES string of the molecule is CCNc1ncc([N+](=O)[O-])c(NCc2cc(Br)cs2)n1. The Morgan fingerprint density at radius 2 is 2.30 bits per heavy atom.